The number of halogens is 1. The predicted octanol–water partition coefficient (Wildman–Crippen LogP) is 5.34. The van der Waals surface area contributed by atoms with Gasteiger partial charge in [-0.2, -0.15) is 4.91 Å². The van der Waals surface area contributed by atoms with E-state index in [4.69, 9.17) is 11.6 Å². The highest BCUT2D eigenvalue weighted by Gasteiger charge is 2.33. The number of nitroso groups, excluding NO2 is 1. The maximum absolute atomic E-state index is 11.5. The van der Waals surface area contributed by atoms with E-state index in [2.05, 4.69) is 38.7 Å². The second-order valence-corrected chi connectivity index (χ2v) is 8.21. The van der Waals surface area contributed by atoms with Crippen molar-refractivity contribution in [3.05, 3.63) is 75.2 Å². The lowest BCUT2D eigenvalue weighted by molar-refractivity contribution is 0.283. The highest BCUT2D eigenvalue weighted by molar-refractivity contribution is 6.28. The van der Waals surface area contributed by atoms with E-state index in [-0.39, 0.29) is 5.28 Å². The fraction of sp³-hybridized carbons (Fsp3) is 0.391. The Morgan fingerprint density at radius 2 is 1.90 bits per heavy atom. The molecular formula is C23H25ClN4O. The van der Waals surface area contributed by atoms with Crippen molar-refractivity contribution in [2.24, 2.45) is 5.18 Å². The summed E-state index contributed by atoms with van der Waals surface area (Å²) in [7, 11) is 0. The molecule has 2 bridgehead atoms. The zero-order chi connectivity index (χ0) is 20.1. The highest BCUT2D eigenvalue weighted by Crippen LogP contribution is 2.31. The smallest absolute Gasteiger partial charge is 0.223 e. The predicted molar refractivity (Wildman–Crippen MR) is 118 cm³/mol. The van der Waals surface area contributed by atoms with Crippen LogP contribution in [-0.2, 0) is 13.0 Å². The first kappa shape index (κ1) is 19.9. The third-order valence-electron chi connectivity index (χ3n) is 5.89. The first-order chi connectivity index (χ1) is 14.2. The molecule has 1 heterocycles. The van der Waals surface area contributed by atoms with Crippen LogP contribution in [0.4, 0.5) is 0 Å². The van der Waals surface area contributed by atoms with E-state index in [9.17, 15) is 4.91 Å². The van der Waals surface area contributed by atoms with Gasteiger partial charge in [-0.1, -0.05) is 66.9 Å². The van der Waals surface area contributed by atoms with Crippen LogP contribution < -0.4 is 5.32 Å². The van der Waals surface area contributed by atoms with E-state index >= 15 is 0 Å². The molecule has 0 radical (unpaired) electrons. The van der Waals surface area contributed by atoms with E-state index in [0.29, 0.717) is 19.5 Å². The first-order valence-electron chi connectivity index (χ1n) is 10.2. The van der Waals surface area contributed by atoms with Crippen LogP contribution in [0.15, 0.2) is 47.7 Å². The van der Waals surface area contributed by atoms with Gasteiger partial charge in [0.05, 0.1) is 11.4 Å². The minimum atomic E-state index is -0.478. The summed E-state index contributed by atoms with van der Waals surface area (Å²) < 4.78 is 0. The number of rotatable bonds is 6. The summed E-state index contributed by atoms with van der Waals surface area (Å²) >= 11 is 6.20. The number of allylic oxidation sites excluding steroid dienone is 3. The van der Waals surface area contributed by atoms with Gasteiger partial charge in [-0.15, -0.1) is 0 Å². The van der Waals surface area contributed by atoms with E-state index < -0.39 is 5.54 Å². The first-order valence-corrected chi connectivity index (χ1v) is 10.6. The molecule has 1 aromatic heterocycles. The largest absolute Gasteiger partial charge is 0.310 e. The van der Waals surface area contributed by atoms with Crippen LogP contribution in [0, 0.1) is 4.91 Å². The summed E-state index contributed by atoms with van der Waals surface area (Å²) in [4.78, 5) is 20.5. The normalized spacial score (nSPS) is 19.7. The molecule has 1 aromatic carbocycles. The fourth-order valence-corrected chi connectivity index (χ4v) is 4.46. The van der Waals surface area contributed by atoms with Crippen LogP contribution in [0.2, 0.25) is 5.28 Å². The minimum absolute atomic E-state index is 0.260. The van der Waals surface area contributed by atoms with Crippen molar-refractivity contribution >= 4 is 23.3 Å². The third-order valence-corrected chi connectivity index (χ3v) is 6.05. The monoisotopic (exact) mass is 408 g/mol. The van der Waals surface area contributed by atoms with Crippen LogP contribution in [0.25, 0.3) is 11.6 Å². The molecule has 5 nitrogen and oxygen atoms in total. The maximum Gasteiger partial charge on any atom is 0.223 e. The summed E-state index contributed by atoms with van der Waals surface area (Å²) in [5, 5.41) is 7.23. The van der Waals surface area contributed by atoms with Crippen LogP contribution >= 0.6 is 11.6 Å². The number of nitrogens with one attached hydrogen (secondary N) is 1. The number of fused-ring (bicyclic) bond motifs is 2. The van der Waals surface area contributed by atoms with Crippen molar-refractivity contribution in [3.8, 4) is 0 Å². The van der Waals surface area contributed by atoms with E-state index in [1.807, 2.05) is 30.4 Å². The molecule has 6 heteroatoms. The molecule has 4 rings (SSSR count). The summed E-state index contributed by atoms with van der Waals surface area (Å²) in [5.74, 6) is 0. The van der Waals surface area contributed by atoms with Gasteiger partial charge < -0.3 is 5.32 Å². The Hall–Kier alpha value is -2.37. The van der Waals surface area contributed by atoms with Gasteiger partial charge in [-0.25, -0.2) is 9.97 Å². The van der Waals surface area contributed by atoms with Gasteiger partial charge in [0.2, 0.25) is 5.28 Å². The molecular weight excluding hydrogens is 384 g/mol. The Morgan fingerprint density at radius 1 is 1.10 bits per heavy atom. The van der Waals surface area contributed by atoms with Gasteiger partial charge in [-0.05, 0) is 41.7 Å². The number of aromatic nitrogens is 2. The molecule has 0 spiro atoms. The van der Waals surface area contributed by atoms with Crippen LogP contribution in [0.5, 0.6) is 0 Å². The molecule has 29 heavy (non-hydrogen) atoms. The second-order valence-electron chi connectivity index (χ2n) is 7.88. The average Bonchev–Trinajstić information content (AvgIpc) is 2.75. The molecule has 0 unspecified atom stereocenters. The van der Waals surface area contributed by atoms with E-state index in [0.717, 1.165) is 42.6 Å². The summed E-state index contributed by atoms with van der Waals surface area (Å²) in [6, 6.07) is 10.3. The van der Waals surface area contributed by atoms with E-state index in [1.54, 1.807) is 0 Å². The zero-order valence-electron chi connectivity index (χ0n) is 16.4. The standard InChI is InChI=1S/C23H25ClN4O/c24-22-26-20-11-7-10-18(17-8-3-1-4-9-17)14-21(27-22)19(20)15-25-16-23(28-29)12-5-2-6-13-23/h1,3-4,7-11,25H,2,5-6,12-16H2/b11-7?,18-10+. The SMILES string of the molecule is O=NC1(CNCc2c3nc(Cl)nc2C/C(c2ccccc2)=C\C=C3)CCCCC1. The van der Waals surface area contributed by atoms with E-state index in [1.165, 1.54) is 17.6 Å². The van der Waals surface area contributed by atoms with Gasteiger partial charge in [0.25, 0.3) is 0 Å². The van der Waals surface area contributed by atoms with Gasteiger partial charge in [0.1, 0.15) is 5.54 Å². The number of hydrogen-bond donors (Lipinski definition) is 1. The van der Waals surface area contributed by atoms with Crippen molar-refractivity contribution in [2.75, 3.05) is 6.54 Å². The van der Waals surface area contributed by atoms with Crippen molar-refractivity contribution in [3.63, 3.8) is 0 Å². The Balaban J connectivity index is 1.56. The van der Waals surface area contributed by atoms with Crippen LogP contribution in [0.1, 0.15) is 54.6 Å². The second kappa shape index (κ2) is 8.97. The number of nitrogens with zero attached hydrogens (tertiary/aromatic N) is 3. The zero-order valence-corrected chi connectivity index (χ0v) is 17.2. The Bertz CT molecular complexity index is 933. The Kier molecular flexibility index (Phi) is 6.16. The van der Waals surface area contributed by atoms with Crippen molar-refractivity contribution in [1.29, 1.82) is 0 Å². The molecule has 0 amide bonds. The Morgan fingerprint density at radius 3 is 2.66 bits per heavy atom. The average molecular weight is 409 g/mol. The quantitative estimate of drug-likeness (QED) is 0.517. The highest BCUT2D eigenvalue weighted by atomic mass is 35.5. The summed E-state index contributed by atoms with van der Waals surface area (Å²) in [5.41, 5.74) is 4.65. The lowest BCUT2D eigenvalue weighted by Crippen LogP contribution is -2.40. The molecule has 0 aliphatic heterocycles. The molecule has 150 valence electrons. The summed E-state index contributed by atoms with van der Waals surface area (Å²) in [6.07, 6.45) is 11.8. The number of hydrogen-bond acceptors (Lipinski definition) is 5. The van der Waals surface area contributed by atoms with Crippen molar-refractivity contribution in [1.82, 2.24) is 15.3 Å². The lowest BCUT2D eigenvalue weighted by Gasteiger charge is -2.30. The third kappa shape index (κ3) is 4.62. The molecule has 1 N–H and O–H groups in total. The number of benzene rings is 1. The maximum atomic E-state index is 11.5. The molecule has 1 fully saturated rings. The van der Waals surface area contributed by atoms with Gasteiger partial charge in [-0.3, -0.25) is 0 Å². The van der Waals surface area contributed by atoms with Crippen molar-refractivity contribution in [2.45, 2.75) is 50.6 Å². The van der Waals surface area contributed by atoms with Gasteiger partial charge in [0.15, 0.2) is 0 Å². The molecule has 2 aliphatic rings. The Labute approximate surface area is 176 Å². The fourth-order valence-electron chi connectivity index (χ4n) is 4.27. The molecule has 2 aromatic rings. The summed E-state index contributed by atoms with van der Waals surface area (Å²) in [6.45, 7) is 1.18. The van der Waals surface area contributed by atoms with Crippen LogP contribution in [0.3, 0.4) is 0 Å². The van der Waals surface area contributed by atoms with Crippen molar-refractivity contribution < 1.29 is 0 Å². The van der Waals surface area contributed by atoms with Crippen LogP contribution in [-0.4, -0.2) is 22.1 Å². The molecule has 2 aliphatic carbocycles. The lowest BCUT2D eigenvalue weighted by atomic mass is 9.82. The molecule has 0 saturated heterocycles. The molecule has 0 atom stereocenters. The molecule has 1 saturated carbocycles. The van der Waals surface area contributed by atoms with Gasteiger partial charge >= 0.3 is 0 Å². The van der Waals surface area contributed by atoms with Gasteiger partial charge in [0, 0.05) is 25.1 Å². The minimum Gasteiger partial charge on any atom is -0.310 e. The topological polar surface area (TPSA) is 67.2 Å².